The zero-order chi connectivity index (χ0) is 21.3. The predicted molar refractivity (Wildman–Crippen MR) is 101 cm³/mol. The van der Waals surface area contributed by atoms with E-state index in [2.05, 4.69) is 20.4 Å². The van der Waals surface area contributed by atoms with Crippen LogP contribution < -0.4 is 16.4 Å². The van der Waals surface area contributed by atoms with Crippen LogP contribution in [0.4, 0.5) is 13.2 Å². The molecule has 0 aliphatic rings. The highest BCUT2D eigenvalue weighted by Gasteiger charge is 2.27. The minimum Gasteiger partial charge on any atom is -0.454 e. The van der Waals surface area contributed by atoms with Gasteiger partial charge in [-0.25, -0.2) is 4.99 Å². The van der Waals surface area contributed by atoms with Crippen molar-refractivity contribution in [3.8, 4) is 0 Å². The van der Waals surface area contributed by atoms with Crippen LogP contribution in [-0.2, 0) is 24.4 Å². The fourth-order valence-corrected chi connectivity index (χ4v) is 2.31. The Balaban J connectivity index is 1.87. The number of ether oxygens (including phenoxy) is 1. The van der Waals surface area contributed by atoms with Crippen molar-refractivity contribution in [2.75, 3.05) is 13.2 Å². The van der Waals surface area contributed by atoms with E-state index in [-0.39, 0.29) is 12.4 Å². The molecule has 0 atom stereocenters. The maximum absolute atomic E-state index is 12.1. The van der Waals surface area contributed by atoms with Gasteiger partial charge in [0.15, 0.2) is 11.7 Å². The lowest BCUT2D eigenvalue weighted by molar-refractivity contribution is -0.176. The highest BCUT2D eigenvalue weighted by atomic mass is 19.4. The first-order valence-corrected chi connectivity index (χ1v) is 8.90. The van der Waals surface area contributed by atoms with Gasteiger partial charge in [0.05, 0.1) is 19.7 Å². The minimum atomic E-state index is -4.33. The Kier molecular flexibility index (Phi) is 8.08. The zero-order valence-electron chi connectivity index (χ0n) is 15.9. The number of aliphatic imine (C=N–C) groups is 1. The number of guanidine groups is 1. The number of alkyl halides is 3. The molecule has 0 radical (unpaired) electrons. The Morgan fingerprint density at radius 3 is 2.41 bits per heavy atom. The molecule has 0 bridgehead atoms. The van der Waals surface area contributed by atoms with E-state index >= 15 is 0 Å². The minimum absolute atomic E-state index is 0.0862. The van der Waals surface area contributed by atoms with Crippen molar-refractivity contribution in [1.82, 2.24) is 10.6 Å². The molecule has 1 heterocycles. The topological polar surface area (TPSA) is 102 Å². The van der Waals surface area contributed by atoms with E-state index in [4.69, 9.17) is 10.2 Å². The maximum Gasteiger partial charge on any atom is 0.411 e. The standard InChI is InChI=1S/C19H23F3N4O3/c1-2-24-18(26-10-15-7-8-16(29-15)17(23)27)25-9-13-3-5-14(6-4-13)11-28-12-19(20,21)22/h3-8H,2,9-12H2,1H3,(H2,23,27)(H2,24,25,26). The van der Waals surface area contributed by atoms with Gasteiger partial charge in [-0.2, -0.15) is 13.2 Å². The van der Waals surface area contributed by atoms with Crippen LogP contribution in [-0.4, -0.2) is 31.2 Å². The monoisotopic (exact) mass is 412 g/mol. The van der Waals surface area contributed by atoms with Crippen LogP contribution >= 0.6 is 0 Å². The zero-order valence-corrected chi connectivity index (χ0v) is 15.9. The summed E-state index contributed by atoms with van der Waals surface area (Å²) in [6, 6.07) is 10.1. The SMILES string of the molecule is CCNC(=NCc1ccc(COCC(F)(F)F)cc1)NCc1ccc(C(N)=O)o1. The first-order chi connectivity index (χ1) is 13.8. The number of hydrogen-bond acceptors (Lipinski definition) is 4. The van der Waals surface area contributed by atoms with Crippen LogP contribution in [0.1, 0.15) is 34.4 Å². The third-order valence-electron chi connectivity index (χ3n) is 3.66. The summed E-state index contributed by atoms with van der Waals surface area (Å²) in [7, 11) is 0. The van der Waals surface area contributed by atoms with Crippen molar-refractivity contribution in [1.29, 1.82) is 0 Å². The summed E-state index contributed by atoms with van der Waals surface area (Å²) >= 11 is 0. The fraction of sp³-hybridized carbons (Fsp3) is 0.368. The van der Waals surface area contributed by atoms with Crippen molar-refractivity contribution < 1.29 is 27.1 Å². The van der Waals surface area contributed by atoms with Crippen LogP contribution in [0.3, 0.4) is 0 Å². The summed E-state index contributed by atoms with van der Waals surface area (Å²) in [5, 5.41) is 6.16. The number of carbonyl (C=O) groups is 1. The van der Waals surface area contributed by atoms with Gasteiger partial charge < -0.3 is 25.5 Å². The number of hydrogen-bond donors (Lipinski definition) is 3. The molecule has 1 amide bonds. The highest BCUT2D eigenvalue weighted by Crippen LogP contribution is 2.16. The largest absolute Gasteiger partial charge is 0.454 e. The van der Waals surface area contributed by atoms with Gasteiger partial charge in [0.25, 0.3) is 5.91 Å². The second-order valence-corrected chi connectivity index (χ2v) is 6.10. The number of halogens is 3. The quantitative estimate of drug-likeness (QED) is 0.434. The third kappa shape index (κ3) is 8.26. The van der Waals surface area contributed by atoms with Crippen molar-refractivity contribution in [3.63, 3.8) is 0 Å². The number of rotatable bonds is 9. The van der Waals surface area contributed by atoms with Gasteiger partial charge in [-0.3, -0.25) is 4.79 Å². The first-order valence-electron chi connectivity index (χ1n) is 8.90. The molecule has 0 aliphatic heterocycles. The first kappa shape index (κ1) is 22.3. The van der Waals surface area contributed by atoms with E-state index in [0.29, 0.717) is 36.9 Å². The second kappa shape index (κ2) is 10.5. The Bertz CT molecular complexity index is 817. The van der Waals surface area contributed by atoms with Gasteiger partial charge in [0.1, 0.15) is 12.4 Å². The lowest BCUT2D eigenvalue weighted by Gasteiger charge is -2.10. The van der Waals surface area contributed by atoms with Crippen molar-refractivity contribution >= 4 is 11.9 Å². The van der Waals surface area contributed by atoms with Crippen LogP contribution in [0.25, 0.3) is 0 Å². The molecule has 0 unspecified atom stereocenters. The average molecular weight is 412 g/mol. The highest BCUT2D eigenvalue weighted by molar-refractivity contribution is 5.89. The molecule has 0 spiro atoms. The van der Waals surface area contributed by atoms with Gasteiger partial charge in [-0.05, 0) is 30.2 Å². The molecule has 7 nitrogen and oxygen atoms in total. The summed E-state index contributed by atoms with van der Waals surface area (Å²) in [6.07, 6.45) is -4.33. The van der Waals surface area contributed by atoms with Crippen LogP contribution in [0.2, 0.25) is 0 Å². The number of primary amides is 1. The number of furan rings is 1. The Morgan fingerprint density at radius 2 is 1.83 bits per heavy atom. The van der Waals surface area contributed by atoms with Gasteiger partial charge in [-0.1, -0.05) is 24.3 Å². The summed E-state index contributed by atoms with van der Waals surface area (Å²) in [5.74, 6) is 0.529. The summed E-state index contributed by atoms with van der Waals surface area (Å²) in [4.78, 5) is 15.5. The molecular weight excluding hydrogens is 389 g/mol. The van der Waals surface area contributed by atoms with Crippen LogP contribution in [0, 0.1) is 0 Å². The molecule has 2 rings (SSSR count). The van der Waals surface area contributed by atoms with Gasteiger partial charge in [-0.15, -0.1) is 0 Å². The molecule has 2 aromatic rings. The lowest BCUT2D eigenvalue weighted by Crippen LogP contribution is -2.36. The third-order valence-corrected chi connectivity index (χ3v) is 3.66. The van der Waals surface area contributed by atoms with Crippen molar-refractivity contribution in [2.24, 2.45) is 10.7 Å². The molecule has 29 heavy (non-hydrogen) atoms. The van der Waals surface area contributed by atoms with Gasteiger partial charge >= 0.3 is 6.18 Å². The van der Waals surface area contributed by atoms with E-state index < -0.39 is 18.7 Å². The number of nitrogens with zero attached hydrogens (tertiary/aromatic N) is 1. The Morgan fingerprint density at radius 1 is 1.14 bits per heavy atom. The van der Waals surface area contributed by atoms with Crippen LogP contribution in [0.5, 0.6) is 0 Å². The molecule has 0 saturated heterocycles. The molecule has 10 heteroatoms. The summed E-state index contributed by atoms with van der Waals surface area (Å²) in [6.45, 7) is 1.87. The van der Waals surface area contributed by atoms with E-state index in [1.54, 1.807) is 30.3 Å². The molecule has 0 saturated carbocycles. The van der Waals surface area contributed by atoms with Crippen LogP contribution in [0.15, 0.2) is 45.8 Å². The molecule has 158 valence electrons. The van der Waals surface area contributed by atoms with Crippen molar-refractivity contribution in [3.05, 3.63) is 59.0 Å². The molecule has 1 aromatic heterocycles. The van der Waals surface area contributed by atoms with Gasteiger partial charge in [0, 0.05) is 6.54 Å². The van der Waals surface area contributed by atoms with Crippen molar-refractivity contribution in [2.45, 2.75) is 32.8 Å². The number of carbonyl (C=O) groups excluding carboxylic acids is 1. The second-order valence-electron chi connectivity index (χ2n) is 6.10. The summed E-state index contributed by atoms with van der Waals surface area (Å²) < 4.78 is 46.2. The predicted octanol–water partition coefficient (Wildman–Crippen LogP) is 2.71. The Labute approximate surface area is 166 Å². The normalized spacial score (nSPS) is 12.1. The Hall–Kier alpha value is -3.01. The van der Waals surface area contributed by atoms with E-state index in [1.165, 1.54) is 6.07 Å². The summed E-state index contributed by atoms with van der Waals surface area (Å²) in [5.41, 5.74) is 6.69. The average Bonchev–Trinajstić information content (AvgIpc) is 3.13. The fourth-order valence-electron chi connectivity index (χ4n) is 2.31. The van der Waals surface area contributed by atoms with E-state index in [1.807, 2.05) is 6.92 Å². The van der Waals surface area contributed by atoms with E-state index in [9.17, 15) is 18.0 Å². The number of benzene rings is 1. The maximum atomic E-state index is 12.1. The molecular formula is C19H23F3N4O3. The number of nitrogens with two attached hydrogens (primary N) is 1. The number of amides is 1. The lowest BCUT2D eigenvalue weighted by atomic mass is 10.1. The van der Waals surface area contributed by atoms with Gasteiger partial charge in [0.2, 0.25) is 0 Å². The molecule has 1 aromatic carbocycles. The molecule has 4 N–H and O–H groups in total. The van der Waals surface area contributed by atoms with E-state index in [0.717, 1.165) is 5.56 Å². The number of nitrogens with one attached hydrogen (secondary N) is 2. The smallest absolute Gasteiger partial charge is 0.411 e. The molecule has 0 fully saturated rings. The molecule has 0 aliphatic carbocycles.